The van der Waals surface area contributed by atoms with Crippen molar-refractivity contribution in [3.8, 4) is 0 Å². The first kappa shape index (κ1) is 16.0. The fraction of sp³-hybridized carbons (Fsp3) is 0.455. The predicted octanol–water partition coefficient (Wildman–Crippen LogP) is 1.05. The molecule has 2 rings (SSSR count). The molecule has 0 saturated carbocycles. The third kappa shape index (κ3) is 3.84. The molecule has 4 N–H and O–H groups in total. The Morgan fingerprint density at radius 2 is 2.00 bits per heavy atom. The van der Waals surface area contributed by atoms with Gasteiger partial charge in [-0.1, -0.05) is 0 Å². The van der Waals surface area contributed by atoms with E-state index in [0.717, 1.165) is 36.5 Å². The number of anilines is 1. The van der Waals surface area contributed by atoms with E-state index in [1.54, 1.807) is 11.8 Å². The smallest absolute Gasteiger partial charge is 0.293 e. The van der Waals surface area contributed by atoms with Crippen LogP contribution in [0.5, 0.6) is 0 Å². The van der Waals surface area contributed by atoms with Crippen LogP contribution in [0, 0.1) is 10.1 Å². The van der Waals surface area contributed by atoms with Crippen LogP contribution in [0.25, 0.3) is 0 Å². The first-order chi connectivity index (χ1) is 9.94. The summed E-state index contributed by atoms with van der Waals surface area (Å²) in [6.45, 7) is 0. The van der Waals surface area contributed by atoms with Crippen LogP contribution in [-0.2, 0) is 10.0 Å². The van der Waals surface area contributed by atoms with Crippen molar-refractivity contribution in [2.24, 2.45) is 5.84 Å². The van der Waals surface area contributed by atoms with E-state index in [9.17, 15) is 18.5 Å². The number of nitrogens with one attached hydrogen (secondary N) is 2. The molecule has 0 spiro atoms. The summed E-state index contributed by atoms with van der Waals surface area (Å²) in [4.78, 5) is 10.1. The highest BCUT2D eigenvalue weighted by atomic mass is 32.2. The maximum atomic E-state index is 12.3. The normalized spacial score (nSPS) is 16.6. The largest absolute Gasteiger partial charge is 0.318 e. The Morgan fingerprint density at radius 3 is 2.57 bits per heavy atom. The molecular weight excluding hydrogens is 316 g/mol. The SMILES string of the molecule is NNc1cc(S(=O)(=O)NC2CCSCC2)ccc1[N+](=O)[O-]. The number of nitrogen functional groups attached to an aromatic ring is 1. The summed E-state index contributed by atoms with van der Waals surface area (Å²) in [7, 11) is -3.71. The monoisotopic (exact) mass is 332 g/mol. The molecule has 0 aliphatic carbocycles. The average Bonchev–Trinajstić information content (AvgIpc) is 2.47. The van der Waals surface area contributed by atoms with Crippen molar-refractivity contribution in [1.29, 1.82) is 0 Å². The molecule has 1 aliphatic rings. The van der Waals surface area contributed by atoms with E-state index >= 15 is 0 Å². The zero-order valence-corrected chi connectivity index (χ0v) is 12.7. The minimum Gasteiger partial charge on any atom is -0.318 e. The van der Waals surface area contributed by atoms with E-state index in [-0.39, 0.29) is 22.3 Å². The van der Waals surface area contributed by atoms with Crippen molar-refractivity contribution in [3.63, 3.8) is 0 Å². The maximum Gasteiger partial charge on any atom is 0.293 e. The minimum atomic E-state index is -3.71. The average molecular weight is 332 g/mol. The van der Waals surface area contributed by atoms with Gasteiger partial charge in [-0.05, 0) is 36.5 Å². The van der Waals surface area contributed by atoms with E-state index in [4.69, 9.17) is 5.84 Å². The molecule has 1 heterocycles. The molecule has 1 saturated heterocycles. The molecule has 0 bridgehead atoms. The highest BCUT2D eigenvalue weighted by Gasteiger charge is 2.24. The third-order valence-corrected chi connectivity index (χ3v) is 5.74. The number of nitro benzene ring substituents is 1. The van der Waals surface area contributed by atoms with Gasteiger partial charge in [0.25, 0.3) is 5.69 Å². The van der Waals surface area contributed by atoms with Gasteiger partial charge in [0, 0.05) is 12.1 Å². The number of rotatable bonds is 5. The van der Waals surface area contributed by atoms with Crippen LogP contribution in [-0.4, -0.2) is 30.9 Å². The van der Waals surface area contributed by atoms with Gasteiger partial charge >= 0.3 is 0 Å². The Bertz CT molecular complexity index is 629. The fourth-order valence-corrected chi connectivity index (χ4v) is 4.50. The molecule has 8 nitrogen and oxygen atoms in total. The van der Waals surface area contributed by atoms with Gasteiger partial charge in [-0.25, -0.2) is 13.1 Å². The van der Waals surface area contributed by atoms with E-state index in [1.807, 2.05) is 0 Å². The van der Waals surface area contributed by atoms with Crippen molar-refractivity contribution in [2.75, 3.05) is 16.9 Å². The highest BCUT2D eigenvalue weighted by molar-refractivity contribution is 7.99. The number of hydrogen-bond acceptors (Lipinski definition) is 7. The minimum absolute atomic E-state index is 0.0397. The Balaban J connectivity index is 2.25. The van der Waals surface area contributed by atoms with Crippen LogP contribution in [0.4, 0.5) is 11.4 Å². The van der Waals surface area contributed by atoms with Gasteiger partial charge in [-0.3, -0.25) is 16.0 Å². The van der Waals surface area contributed by atoms with Gasteiger partial charge in [-0.2, -0.15) is 11.8 Å². The first-order valence-corrected chi connectivity index (χ1v) is 8.93. The summed E-state index contributed by atoms with van der Waals surface area (Å²) in [5.74, 6) is 7.05. The van der Waals surface area contributed by atoms with E-state index in [2.05, 4.69) is 10.1 Å². The molecule has 1 fully saturated rings. The second-order valence-electron chi connectivity index (χ2n) is 4.59. The van der Waals surface area contributed by atoms with Crippen molar-refractivity contribution in [2.45, 2.75) is 23.8 Å². The van der Waals surface area contributed by atoms with E-state index < -0.39 is 14.9 Å². The number of sulfonamides is 1. The van der Waals surface area contributed by atoms with Gasteiger partial charge in [0.2, 0.25) is 10.0 Å². The Labute approximate surface area is 126 Å². The van der Waals surface area contributed by atoms with Crippen molar-refractivity contribution < 1.29 is 13.3 Å². The fourth-order valence-electron chi connectivity index (χ4n) is 2.06. The van der Waals surface area contributed by atoms with Crippen LogP contribution in [0.3, 0.4) is 0 Å². The molecule has 10 heteroatoms. The van der Waals surface area contributed by atoms with Crippen LogP contribution in [0.15, 0.2) is 23.1 Å². The van der Waals surface area contributed by atoms with Crippen LogP contribution in [0.2, 0.25) is 0 Å². The summed E-state index contributed by atoms with van der Waals surface area (Å²) < 4.78 is 27.2. The molecule has 0 atom stereocenters. The zero-order chi connectivity index (χ0) is 15.5. The summed E-state index contributed by atoms with van der Waals surface area (Å²) in [6, 6.07) is 3.40. The Hall–Kier alpha value is -1.36. The molecule has 0 unspecified atom stereocenters. The van der Waals surface area contributed by atoms with E-state index in [0.29, 0.717) is 0 Å². The van der Waals surface area contributed by atoms with Gasteiger partial charge in [0.05, 0.1) is 9.82 Å². The van der Waals surface area contributed by atoms with Crippen molar-refractivity contribution in [1.82, 2.24) is 4.72 Å². The summed E-state index contributed by atoms with van der Waals surface area (Å²) in [6.07, 6.45) is 1.55. The molecule has 116 valence electrons. The Morgan fingerprint density at radius 1 is 1.33 bits per heavy atom. The van der Waals surface area contributed by atoms with Crippen molar-refractivity contribution >= 4 is 33.2 Å². The number of nitro groups is 1. The quantitative estimate of drug-likeness (QED) is 0.418. The molecule has 1 aliphatic heterocycles. The van der Waals surface area contributed by atoms with Gasteiger partial charge < -0.3 is 5.43 Å². The number of nitrogens with two attached hydrogens (primary N) is 1. The maximum absolute atomic E-state index is 12.3. The second-order valence-corrected chi connectivity index (χ2v) is 7.53. The van der Waals surface area contributed by atoms with Gasteiger partial charge in [-0.15, -0.1) is 0 Å². The van der Waals surface area contributed by atoms with Crippen LogP contribution < -0.4 is 16.0 Å². The number of thioether (sulfide) groups is 1. The van der Waals surface area contributed by atoms with Crippen molar-refractivity contribution in [3.05, 3.63) is 28.3 Å². The highest BCUT2D eigenvalue weighted by Crippen LogP contribution is 2.27. The molecule has 1 aromatic rings. The zero-order valence-electron chi connectivity index (χ0n) is 11.1. The number of benzene rings is 1. The Kier molecular flexibility index (Phi) is 5.04. The van der Waals surface area contributed by atoms with Crippen LogP contribution in [0.1, 0.15) is 12.8 Å². The lowest BCUT2D eigenvalue weighted by atomic mass is 10.2. The van der Waals surface area contributed by atoms with Gasteiger partial charge in [0.15, 0.2) is 0 Å². The van der Waals surface area contributed by atoms with Crippen LogP contribution >= 0.6 is 11.8 Å². The number of hydrazine groups is 1. The summed E-state index contributed by atoms with van der Waals surface area (Å²) in [5, 5.41) is 10.8. The topological polar surface area (TPSA) is 127 Å². The first-order valence-electron chi connectivity index (χ1n) is 6.29. The number of hydrogen-bond donors (Lipinski definition) is 3. The molecule has 1 aromatic carbocycles. The molecule has 21 heavy (non-hydrogen) atoms. The molecule has 0 radical (unpaired) electrons. The lowest BCUT2D eigenvalue weighted by Crippen LogP contribution is -2.37. The molecule has 0 aromatic heterocycles. The lowest BCUT2D eigenvalue weighted by molar-refractivity contribution is -0.384. The van der Waals surface area contributed by atoms with Gasteiger partial charge in [0.1, 0.15) is 5.69 Å². The number of nitrogens with zero attached hydrogens (tertiary/aromatic N) is 1. The third-order valence-electron chi connectivity index (χ3n) is 3.17. The predicted molar refractivity (Wildman–Crippen MR) is 81.6 cm³/mol. The van der Waals surface area contributed by atoms with E-state index in [1.165, 1.54) is 6.07 Å². The standard InChI is InChI=1S/C11H16N4O4S2/c12-13-10-7-9(1-2-11(10)15(16)17)21(18,19)14-8-3-5-20-6-4-8/h1-2,7-8,13-14H,3-6,12H2. The molecular formula is C11H16N4O4S2. The summed E-state index contributed by atoms with van der Waals surface area (Å²) in [5.41, 5.74) is 1.84. The molecule has 0 amide bonds. The lowest BCUT2D eigenvalue weighted by Gasteiger charge is -2.22. The second kappa shape index (κ2) is 6.60. The summed E-state index contributed by atoms with van der Waals surface area (Å²) >= 11 is 1.80.